The molecule has 1 amide bonds. The van der Waals surface area contributed by atoms with Crippen LogP contribution in [0.5, 0.6) is 0 Å². The Labute approximate surface area is 103 Å². The summed E-state index contributed by atoms with van der Waals surface area (Å²) in [5, 5.41) is 3.29. The van der Waals surface area contributed by atoms with Crippen molar-refractivity contribution in [3.05, 3.63) is 0 Å². The van der Waals surface area contributed by atoms with E-state index in [-0.39, 0.29) is 0 Å². The van der Waals surface area contributed by atoms with Crippen molar-refractivity contribution in [2.75, 3.05) is 39.3 Å². The van der Waals surface area contributed by atoms with E-state index in [1.54, 1.807) is 0 Å². The predicted molar refractivity (Wildman–Crippen MR) is 66.8 cm³/mol. The van der Waals surface area contributed by atoms with Gasteiger partial charge < -0.3 is 10.2 Å². The number of amides is 1. The van der Waals surface area contributed by atoms with Gasteiger partial charge in [-0.1, -0.05) is 0 Å². The number of hydrogen-bond acceptors (Lipinski definition) is 3. The molecule has 1 N–H and O–H groups in total. The first-order chi connectivity index (χ1) is 8.33. The fraction of sp³-hybridized carbons (Fsp3) is 0.923. The Balaban J connectivity index is 1.49. The number of nitrogens with zero attached hydrogens (tertiary/aromatic N) is 2. The Hall–Kier alpha value is -0.610. The molecular formula is C13H23N3O. The van der Waals surface area contributed by atoms with Crippen LogP contribution >= 0.6 is 0 Å². The van der Waals surface area contributed by atoms with Gasteiger partial charge in [-0.25, -0.2) is 0 Å². The topological polar surface area (TPSA) is 35.6 Å². The summed E-state index contributed by atoms with van der Waals surface area (Å²) in [6.45, 7) is 5.53. The molecule has 0 spiro atoms. The minimum atomic E-state index is 0.346. The highest BCUT2D eigenvalue weighted by Crippen LogP contribution is 2.34. The van der Waals surface area contributed by atoms with Gasteiger partial charge in [0.15, 0.2) is 0 Å². The molecule has 4 heteroatoms. The predicted octanol–water partition coefficient (Wildman–Crippen LogP) is 0.293. The largest absolute Gasteiger partial charge is 0.339 e. The van der Waals surface area contributed by atoms with Crippen LogP contribution in [0.1, 0.15) is 25.7 Å². The van der Waals surface area contributed by atoms with Crippen molar-refractivity contribution in [2.45, 2.75) is 31.7 Å². The molecule has 0 unspecified atom stereocenters. The molecule has 3 fully saturated rings. The Morgan fingerprint density at radius 1 is 1.18 bits per heavy atom. The number of piperazine rings is 1. The van der Waals surface area contributed by atoms with Crippen LogP contribution in [0, 0.1) is 5.92 Å². The van der Waals surface area contributed by atoms with Crippen LogP contribution in [0.4, 0.5) is 0 Å². The van der Waals surface area contributed by atoms with Crippen LogP contribution in [-0.2, 0) is 4.79 Å². The van der Waals surface area contributed by atoms with Gasteiger partial charge in [0, 0.05) is 38.8 Å². The highest BCUT2D eigenvalue weighted by molar-refractivity contribution is 5.78. The molecule has 0 aromatic heterocycles. The van der Waals surface area contributed by atoms with Crippen LogP contribution in [0.3, 0.4) is 0 Å². The average molecular weight is 237 g/mol. The van der Waals surface area contributed by atoms with Crippen LogP contribution in [0.25, 0.3) is 0 Å². The maximum absolute atomic E-state index is 12.2. The monoisotopic (exact) mass is 237 g/mol. The van der Waals surface area contributed by atoms with Crippen molar-refractivity contribution in [3.63, 3.8) is 0 Å². The summed E-state index contributed by atoms with van der Waals surface area (Å²) in [6.07, 6.45) is 5.37. The molecule has 0 aromatic carbocycles. The van der Waals surface area contributed by atoms with Gasteiger partial charge >= 0.3 is 0 Å². The van der Waals surface area contributed by atoms with E-state index in [0.29, 0.717) is 12.5 Å². The van der Waals surface area contributed by atoms with E-state index in [4.69, 9.17) is 0 Å². The van der Waals surface area contributed by atoms with E-state index in [2.05, 4.69) is 10.2 Å². The number of carbonyl (C=O) groups is 1. The minimum absolute atomic E-state index is 0.346. The molecule has 1 aliphatic heterocycles. The highest BCUT2D eigenvalue weighted by atomic mass is 16.2. The Bertz CT molecular complexity index is 280. The first-order valence-corrected chi connectivity index (χ1v) is 7.05. The fourth-order valence-corrected chi connectivity index (χ4v) is 2.60. The van der Waals surface area contributed by atoms with Gasteiger partial charge in [0.2, 0.25) is 5.91 Å². The molecule has 4 nitrogen and oxygen atoms in total. The van der Waals surface area contributed by atoms with Crippen molar-refractivity contribution >= 4 is 5.91 Å². The molecule has 0 aromatic rings. The van der Waals surface area contributed by atoms with Crippen LogP contribution in [0.15, 0.2) is 0 Å². The summed E-state index contributed by atoms with van der Waals surface area (Å²) < 4.78 is 0. The number of hydrogen-bond donors (Lipinski definition) is 1. The lowest BCUT2D eigenvalue weighted by molar-refractivity contribution is -0.133. The summed E-state index contributed by atoms with van der Waals surface area (Å²) >= 11 is 0. The third-order valence-electron chi connectivity index (χ3n) is 4.06. The maximum Gasteiger partial charge on any atom is 0.236 e. The summed E-state index contributed by atoms with van der Waals surface area (Å²) in [7, 11) is 0. The first-order valence-electron chi connectivity index (χ1n) is 7.05. The molecule has 17 heavy (non-hydrogen) atoms. The fourth-order valence-electron chi connectivity index (χ4n) is 2.60. The molecule has 3 aliphatic rings. The lowest BCUT2D eigenvalue weighted by Crippen LogP contribution is -2.50. The van der Waals surface area contributed by atoms with Crippen molar-refractivity contribution in [3.8, 4) is 0 Å². The van der Waals surface area contributed by atoms with Gasteiger partial charge in [0.05, 0.1) is 6.54 Å². The van der Waals surface area contributed by atoms with E-state index >= 15 is 0 Å². The molecule has 2 aliphatic carbocycles. The quantitative estimate of drug-likeness (QED) is 0.746. The number of nitrogens with one attached hydrogen (secondary N) is 1. The zero-order valence-electron chi connectivity index (χ0n) is 10.5. The van der Waals surface area contributed by atoms with Gasteiger partial charge in [-0.05, 0) is 31.6 Å². The SMILES string of the molecule is O=C(CN(CC1CC1)C1CC1)N1CCNCC1. The summed E-state index contributed by atoms with van der Waals surface area (Å²) in [4.78, 5) is 16.7. The van der Waals surface area contributed by atoms with Crippen LogP contribution < -0.4 is 5.32 Å². The van der Waals surface area contributed by atoms with Gasteiger partial charge in [-0.2, -0.15) is 0 Å². The second-order valence-corrected chi connectivity index (χ2v) is 5.73. The normalized spacial score (nSPS) is 25.4. The number of rotatable bonds is 5. The molecule has 96 valence electrons. The van der Waals surface area contributed by atoms with E-state index in [1.807, 2.05) is 4.90 Å². The van der Waals surface area contributed by atoms with E-state index in [9.17, 15) is 4.79 Å². The molecular weight excluding hydrogens is 214 g/mol. The second kappa shape index (κ2) is 4.94. The van der Waals surface area contributed by atoms with Gasteiger partial charge in [0.25, 0.3) is 0 Å². The highest BCUT2D eigenvalue weighted by Gasteiger charge is 2.35. The average Bonchev–Trinajstić information content (AvgIpc) is 3.22. The van der Waals surface area contributed by atoms with Crippen molar-refractivity contribution in [1.29, 1.82) is 0 Å². The zero-order chi connectivity index (χ0) is 11.7. The number of carbonyl (C=O) groups excluding carboxylic acids is 1. The standard InChI is InChI=1S/C13H23N3O/c17-13(15-7-5-14-6-8-15)10-16(12-3-4-12)9-11-1-2-11/h11-12,14H,1-10H2. The van der Waals surface area contributed by atoms with Gasteiger partial charge in [0.1, 0.15) is 0 Å². The first kappa shape index (κ1) is 11.5. The lowest BCUT2D eigenvalue weighted by Gasteiger charge is -2.30. The molecule has 1 saturated heterocycles. The van der Waals surface area contributed by atoms with Crippen molar-refractivity contribution in [2.24, 2.45) is 5.92 Å². The van der Waals surface area contributed by atoms with Gasteiger partial charge in [-0.15, -0.1) is 0 Å². The Kier molecular flexibility index (Phi) is 3.34. The smallest absolute Gasteiger partial charge is 0.236 e. The molecule has 3 rings (SSSR count). The van der Waals surface area contributed by atoms with Gasteiger partial charge in [-0.3, -0.25) is 9.69 Å². The summed E-state index contributed by atoms with van der Waals surface area (Å²) in [6, 6.07) is 0.725. The van der Waals surface area contributed by atoms with Crippen molar-refractivity contribution in [1.82, 2.24) is 15.1 Å². The van der Waals surface area contributed by atoms with E-state index < -0.39 is 0 Å². The maximum atomic E-state index is 12.2. The van der Waals surface area contributed by atoms with Crippen LogP contribution in [0.2, 0.25) is 0 Å². The zero-order valence-corrected chi connectivity index (χ0v) is 10.5. The molecule has 0 radical (unpaired) electrons. The summed E-state index contributed by atoms with van der Waals surface area (Å²) in [5.41, 5.74) is 0. The molecule has 2 saturated carbocycles. The molecule has 0 bridgehead atoms. The Morgan fingerprint density at radius 2 is 1.88 bits per heavy atom. The van der Waals surface area contributed by atoms with Crippen LogP contribution in [-0.4, -0.2) is 61.0 Å². The second-order valence-electron chi connectivity index (χ2n) is 5.73. The minimum Gasteiger partial charge on any atom is -0.339 e. The van der Waals surface area contributed by atoms with E-state index in [1.165, 1.54) is 32.2 Å². The third kappa shape index (κ3) is 3.19. The summed E-state index contributed by atoms with van der Waals surface area (Å²) in [5.74, 6) is 1.24. The van der Waals surface area contributed by atoms with E-state index in [0.717, 1.165) is 38.1 Å². The van der Waals surface area contributed by atoms with Crippen molar-refractivity contribution < 1.29 is 4.79 Å². The third-order valence-corrected chi connectivity index (χ3v) is 4.06. The lowest BCUT2D eigenvalue weighted by atomic mass is 10.3. The molecule has 1 heterocycles. The molecule has 0 atom stereocenters. The Morgan fingerprint density at radius 3 is 2.47 bits per heavy atom.